The van der Waals surface area contributed by atoms with Crippen molar-refractivity contribution in [3.63, 3.8) is 0 Å². The Morgan fingerprint density at radius 1 is 1.40 bits per heavy atom. The number of hydrogen-bond donors (Lipinski definition) is 1. The van der Waals surface area contributed by atoms with E-state index in [0.717, 1.165) is 22.2 Å². The monoisotopic (exact) mass is 205 g/mol. The molecular formula is C12H15NO2. The molecule has 1 unspecified atom stereocenters. The molecule has 80 valence electrons. The molecule has 1 heterocycles. The molecule has 0 fully saturated rings. The van der Waals surface area contributed by atoms with Gasteiger partial charge in [-0.25, -0.2) is 0 Å². The SMILES string of the molecule is COc1cc(C(C)O)cc2c1ccn2C. The summed E-state index contributed by atoms with van der Waals surface area (Å²) in [6, 6.07) is 5.88. The Balaban J connectivity index is 2.74. The summed E-state index contributed by atoms with van der Waals surface area (Å²) in [6.07, 6.45) is 1.51. The first-order chi connectivity index (χ1) is 7.13. The molecule has 0 saturated heterocycles. The lowest BCUT2D eigenvalue weighted by molar-refractivity contribution is 0.199. The van der Waals surface area contributed by atoms with E-state index in [1.807, 2.05) is 36.0 Å². The van der Waals surface area contributed by atoms with Crippen molar-refractivity contribution < 1.29 is 9.84 Å². The van der Waals surface area contributed by atoms with Crippen LogP contribution in [0.25, 0.3) is 10.9 Å². The van der Waals surface area contributed by atoms with Crippen LogP contribution in [0.2, 0.25) is 0 Å². The molecule has 0 saturated carbocycles. The molecule has 3 heteroatoms. The van der Waals surface area contributed by atoms with E-state index in [1.165, 1.54) is 0 Å². The Bertz CT molecular complexity index is 486. The van der Waals surface area contributed by atoms with Gasteiger partial charge in [0.15, 0.2) is 0 Å². The smallest absolute Gasteiger partial charge is 0.128 e. The van der Waals surface area contributed by atoms with Crippen molar-refractivity contribution in [3.05, 3.63) is 30.0 Å². The van der Waals surface area contributed by atoms with Crippen LogP contribution in [0.3, 0.4) is 0 Å². The molecule has 2 aromatic rings. The molecule has 0 amide bonds. The van der Waals surface area contributed by atoms with E-state index >= 15 is 0 Å². The fourth-order valence-electron chi connectivity index (χ4n) is 1.77. The number of fused-ring (bicyclic) bond motifs is 1. The van der Waals surface area contributed by atoms with Crippen LogP contribution in [-0.2, 0) is 7.05 Å². The van der Waals surface area contributed by atoms with E-state index in [0.29, 0.717) is 0 Å². The second-order valence-electron chi connectivity index (χ2n) is 3.76. The predicted octanol–water partition coefficient (Wildman–Crippen LogP) is 2.24. The normalized spacial score (nSPS) is 13.1. The first kappa shape index (κ1) is 10.1. The zero-order valence-corrected chi connectivity index (χ0v) is 9.19. The first-order valence-corrected chi connectivity index (χ1v) is 4.94. The minimum Gasteiger partial charge on any atom is -0.496 e. The lowest BCUT2D eigenvalue weighted by Crippen LogP contribution is -1.95. The molecule has 2 rings (SSSR count). The fraction of sp³-hybridized carbons (Fsp3) is 0.333. The van der Waals surface area contributed by atoms with Crippen molar-refractivity contribution in [3.8, 4) is 5.75 Å². The zero-order chi connectivity index (χ0) is 11.0. The molecule has 0 aliphatic rings. The summed E-state index contributed by atoms with van der Waals surface area (Å²) in [5, 5.41) is 10.6. The number of benzene rings is 1. The molecule has 0 spiro atoms. The number of aliphatic hydroxyl groups excluding tert-OH is 1. The summed E-state index contributed by atoms with van der Waals surface area (Å²) in [4.78, 5) is 0. The largest absolute Gasteiger partial charge is 0.496 e. The second-order valence-corrected chi connectivity index (χ2v) is 3.76. The molecule has 1 aromatic carbocycles. The van der Waals surface area contributed by atoms with Gasteiger partial charge >= 0.3 is 0 Å². The van der Waals surface area contributed by atoms with Gasteiger partial charge < -0.3 is 14.4 Å². The Hall–Kier alpha value is -1.48. The molecule has 0 aliphatic heterocycles. The second kappa shape index (κ2) is 3.59. The van der Waals surface area contributed by atoms with Gasteiger partial charge in [0, 0.05) is 18.6 Å². The van der Waals surface area contributed by atoms with Crippen LogP contribution in [0.5, 0.6) is 5.75 Å². The molecule has 0 bridgehead atoms. The first-order valence-electron chi connectivity index (χ1n) is 4.94. The number of aryl methyl sites for hydroxylation is 1. The molecule has 1 N–H and O–H groups in total. The predicted molar refractivity (Wildman–Crippen MR) is 60.1 cm³/mol. The number of aromatic nitrogens is 1. The van der Waals surface area contributed by atoms with Crippen LogP contribution >= 0.6 is 0 Å². The highest BCUT2D eigenvalue weighted by Gasteiger charge is 2.09. The van der Waals surface area contributed by atoms with Gasteiger partial charge in [-0.15, -0.1) is 0 Å². The van der Waals surface area contributed by atoms with Gasteiger partial charge in [-0.2, -0.15) is 0 Å². The summed E-state index contributed by atoms with van der Waals surface area (Å²) in [5.41, 5.74) is 1.95. The number of aliphatic hydroxyl groups is 1. The average molecular weight is 205 g/mol. The maximum Gasteiger partial charge on any atom is 0.128 e. The van der Waals surface area contributed by atoms with Crippen LogP contribution in [0, 0.1) is 0 Å². The van der Waals surface area contributed by atoms with Gasteiger partial charge in [0.25, 0.3) is 0 Å². The van der Waals surface area contributed by atoms with E-state index in [9.17, 15) is 5.11 Å². The molecule has 1 atom stereocenters. The van der Waals surface area contributed by atoms with E-state index in [2.05, 4.69) is 0 Å². The van der Waals surface area contributed by atoms with E-state index in [-0.39, 0.29) is 0 Å². The number of rotatable bonds is 2. The minimum atomic E-state index is -0.474. The summed E-state index contributed by atoms with van der Waals surface area (Å²) < 4.78 is 7.32. The van der Waals surface area contributed by atoms with Crippen molar-refractivity contribution in [1.82, 2.24) is 4.57 Å². The summed E-state index contributed by atoms with van der Waals surface area (Å²) >= 11 is 0. The molecule has 15 heavy (non-hydrogen) atoms. The van der Waals surface area contributed by atoms with Crippen LogP contribution in [-0.4, -0.2) is 16.8 Å². The Kier molecular flexibility index (Phi) is 2.40. The number of methoxy groups -OCH3 is 1. The van der Waals surface area contributed by atoms with Crippen LogP contribution in [0.15, 0.2) is 24.4 Å². The Morgan fingerprint density at radius 3 is 2.73 bits per heavy atom. The highest BCUT2D eigenvalue weighted by Crippen LogP contribution is 2.30. The van der Waals surface area contributed by atoms with Crippen molar-refractivity contribution in [1.29, 1.82) is 0 Å². The zero-order valence-electron chi connectivity index (χ0n) is 9.19. The minimum absolute atomic E-state index is 0.474. The van der Waals surface area contributed by atoms with Crippen LogP contribution in [0.1, 0.15) is 18.6 Å². The van der Waals surface area contributed by atoms with Gasteiger partial charge in [0.1, 0.15) is 5.75 Å². The number of ether oxygens (including phenoxy) is 1. The maximum atomic E-state index is 9.57. The van der Waals surface area contributed by atoms with Crippen LogP contribution in [0.4, 0.5) is 0 Å². The summed E-state index contributed by atoms with van der Waals surface area (Å²) in [7, 11) is 3.63. The maximum absolute atomic E-state index is 9.57. The van der Waals surface area contributed by atoms with E-state index in [1.54, 1.807) is 14.0 Å². The fourth-order valence-corrected chi connectivity index (χ4v) is 1.77. The molecule has 1 aromatic heterocycles. The van der Waals surface area contributed by atoms with Gasteiger partial charge in [0.05, 0.1) is 18.7 Å². The Labute approximate surface area is 88.9 Å². The standard InChI is InChI=1S/C12H15NO2/c1-8(14)9-6-11-10(4-5-13(11)2)12(7-9)15-3/h4-8,14H,1-3H3. The lowest BCUT2D eigenvalue weighted by Gasteiger charge is -2.09. The summed E-state index contributed by atoms with van der Waals surface area (Å²) in [5.74, 6) is 0.809. The third-order valence-electron chi connectivity index (χ3n) is 2.69. The van der Waals surface area contributed by atoms with Crippen molar-refractivity contribution in [2.24, 2.45) is 7.05 Å². The van der Waals surface area contributed by atoms with Gasteiger partial charge in [-0.05, 0) is 30.7 Å². The van der Waals surface area contributed by atoms with E-state index < -0.39 is 6.10 Å². The molecular weight excluding hydrogens is 190 g/mol. The van der Waals surface area contributed by atoms with Crippen molar-refractivity contribution in [2.45, 2.75) is 13.0 Å². The van der Waals surface area contributed by atoms with Gasteiger partial charge in [-0.1, -0.05) is 0 Å². The molecule has 0 aliphatic carbocycles. The van der Waals surface area contributed by atoms with Gasteiger partial charge in [0.2, 0.25) is 0 Å². The molecule has 0 radical (unpaired) electrons. The number of hydrogen-bond acceptors (Lipinski definition) is 2. The third-order valence-corrected chi connectivity index (χ3v) is 2.69. The molecule has 3 nitrogen and oxygen atoms in total. The summed E-state index contributed by atoms with van der Waals surface area (Å²) in [6.45, 7) is 1.75. The average Bonchev–Trinajstić information content (AvgIpc) is 2.59. The topological polar surface area (TPSA) is 34.4 Å². The van der Waals surface area contributed by atoms with E-state index in [4.69, 9.17) is 4.74 Å². The van der Waals surface area contributed by atoms with Crippen molar-refractivity contribution >= 4 is 10.9 Å². The van der Waals surface area contributed by atoms with Gasteiger partial charge in [-0.3, -0.25) is 0 Å². The van der Waals surface area contributed by atoms with Crippen molar-refractivity contribution in [2.75, 3.05) is 7.11 Å². The highest BCUT2D eigenvalue weighted by molar-refractivity contribution is 5.87. The quantitative estimate of drug-likeness (QED) is 0.815. The number of nitrogens with zero attached hydrogens (tertiary/aromatic N) is 1. The Morgan fingerprint density at radius 2 is 2.13 bits per heavy atom. The van der Waals surface area contributed by atoms with Crippen LogP contribution < -0.4 is 4.74 Å². The third kappa shape index (κ3) is 1.59. The lowest BCUT2D eigenvalue weighted by atomic mass is 10.1. The highest BCUT2D eigenvalue weighted by atomic mass is 16.5.